The van der Waals surface area contributed by atoms with E-state index in [4.69, 9.17) is 10.5 Å². The Kier molecular flexibility index (Phi) is 4.47. The van der Waals surface area contributed by atoms with Crippen molar-refractivity contribution in [1.29, 1.82) is 0 Å². The molecule has 1 aromatic carbocycles. The van der Waals surface area contributed by atoms with E-state index in [1.807, 2.05) is 23.1 Å². The van der Waals surface area contributed by atoms with Crippen molar-refractivity contribution in [3.05, 3.63) is 28.2 Å². The fraction of sp³-hybridized carbons (Fsp3) is 0.500. The Labute approximate surface area is 122 Å². The highest BCUT2D eigenvalue weighted by molar-refractivity contribution is 9.10. The SMILES string of the molecule is COc1ccc(Br)cc1C1CCCN1C(=O)[C@H](C)N. The smallest absolute Gasteiger partial charge is 0.239 e. The molecule has 2 N–H and O–H groups in total. The van der Waals surface area contributed by atoms with Gasteiger partial charge in [-0.3, -0.25) is 4.79 Å². The molecule has 0 aromatic heterocycles. The van der Waals surface area contributed by atoms with Crippen LogP contribution in [-0.4, -0.2) is 30.5 Å². The molecule has 0 spiro atoms. The van der Waals surface area contributed by atoms with Crippen LogP contribution in [0.2, 0.25) is 0 Å². The third-order valence-corrected chi connectivity index (χ3v) is 3.97. The van der Waals surface area contributed by atoms with Gasteiger partial charge in [0.25, 0.3) is 0 Å². The van der Waals surface area contributed by atoms with Gasteiger partial charge < -0.3 is 15.4 Å². The molecule has 1 unspecified atom stereocenters. The summed E-state index contributed by atoms with van der Waals surface area (Å²) in [6.07, 6.45) is 1.95. The predicted molar refractivity (Wildman–Crippen MR) is 78.0 cm³/mol. The van der Waals surface area contributed by atoms with E-state index in [0.29, 0.717) is 0 Å². The second-order valence-corrected chi connectivity index (χ2v) is 5.78. The number of halogens is 1. The number of amides is 1. The monoisotopic (exact) mass is 326 g/mol. The predicted octanol–water partition coefficient (Wildman–Crippen LogP) is 2.47. The van der Waals surface area contributed by atoms with Crippen molar-refractivity contribution in [2.45, 2.75) is 31.8 Å². The Hall–Kier alpha value is -1.07. The summed E-state index contributed by atoms with van der Waals surface area (Å²) in [5.74, 6) is 0.821. The highest BCUT2D eigenvalue weighted by Gasteiger charge is 2.33. The zero-order valence-electron chi connectivity index (χ0n) is 11.2. The molecule has 2 atom stereocenters. The number of nitrogens with zero attached hydrogens (tertiary/aromatic N) is 1. The van der Waals surface area contributed by atoms with Crippen molar-refractivity contribution >= 4 is 21.8 Å². The Bertz CT molecular complexity index is 477. The maximum atomic E-state index is 12.2. The molecule has 1 amide bonds. The van der Waals surface area contributed by atoms with Crippen LogP contribution in [0, 0.1) is 0 Å². The number of hydrogen-bond acceptors (Lipinski definition) is 3. The molecule has 1 aliphatic heterocycles. The number of methoxy groups -OCH3 is 1. The van der Waals surface area contributed by atoms with E-state index in [1.54, 1.807) is 14.0 Å². The molecule has 0 aliphatic carbocycles. The quantitative estimate of drug-likeness (QED) is 0.928. The Morgan fingerprint density at radius 3 is 2.95 bits per heavy atom. The number of rotatable bonds is 3. The molecule has 0 bridgehead atoms. The van der Waals surface area contributed by atoms with Crippen LogP contribution in [-0.2, 0) is 4.79 Å². The van der Waals surface area contributed by atoms with Crippen molar-refractivity contribution in [1.82, 2.24) is 4.90 Å². The Balaban J connectivity index is 2.34. The first-order valence-corrected chi connectivity index (χ1v) is 7.23. The average molecular weight is 327 g/mol. The maximum Gasteiger partial charge on any atom is 0.239 e. The summed E-state index contributed by atoms with van der Waals surface area (Å²) in [5, 5.41) is 0. The minimum atomic E-state index is -0.459. The first kappa shape index (κ1) is 14.3. The fourth-order valence-corrected chi connectivity index (χ4v) is 2.96. The van der Waals surface area contributed by atoms with E-state index in [-0.39, 0.29) is 11.9 Å². The summed E-state index contributed by atoms with van der Waals surface area (Å²) in [5.41, 5.74) is 6.77. The van der Waals surface area contributed by atoms with Crippen LogP contribution in [0.4, 0.5) is 0 Å². The third-order valence-electron chi connectivity index (χ3n) is 3.48. The van der Waals surface area contributed by atoms with E-state index in [9.17, 15) is 4.79 Å². The van der Waals surface area contributed by atoms with Crippen LogP contribution >= 0.6 is 15.9 Å². The minimum Gasteiger partial charge on any atom is -0.496 e. The van der Waals surface area contributed by atoms with Crippen LogP contribution < -0.4 is 10.5 Å². The first-order valence-electron chi connectivity index (χ1n) is 6.44. The largest absolute Gasteiger partial charge is 0.496 e. The lowest BCUT2D eigenvalue weighted by Gasteiger charge is -2.27. The van der Waals surface area contributed by atoms with Crippen molar-refractivity contribution in [2.75, 3.05) is 13.7 Å². The summed E-state index contributed by atoms with van der Waals surface area (Å²) in [6.45, 7) is 2.50. The molecule has 1 fully saturated rings. The van der Waals surface area contributed by atoms with Crippen molar-refractivity contribution < 1.29 is 9.53 Å². The second kappa shape index (κ2) is 5.92. The Morgan fingerprint density at radius 2 is 2.32 bits per heavy atom. The lowest BCUT2D eigenvalue weighted by molar-refractivity contribution is -0.133. The number of carbonyl (C=O) groups is 1. The molecular formula is C14H19BrN2O2. The van der Waals surface area contributed by atoms with Gasteiger partial charge in [0.2, 0.25) is 5.91 Å². The van der Waals surface area contributed by atoms with E-state index >= 15 is 0 Å². The Morgan fingerprint density at radius 1 is 1.58 bits per heavy atom. The van der Waals surface area contributed by atoms with Gasteiger partial charge in [0.15, 0.2) is 0 Å². The van der Waals surface area contributed by atoms with Crippen LogP contribution in [0.3, 0.4) is 0 Å². The van der Waals surface area contributed by atoms with Crippen molar-refractivity contribution in [2.24, 2.45) is 5.73 Å². The van der Waals surface area contributed by atoms with E-state index in [0.717, 1.165) is 35.2 Å². The summed E-state index contributed by atoms with van der Waals surface area (Å²) in [4.78, 5) is 14.0. The van der Waals surface area contributed by atoms with Crippen molar-refractivity contribution in [3.63, 3.8) is 0 Å². The molecule has 4 nitrogen and oxygen atoms in total. The molecular weight excluding hydrogens is 308 g/mol. The lowest BCUT2D eigenvalue weighted by atomic mass is 10.0. The number of carbonyl (C=O) groups excluding carboxylic acids is 1. The standard InChI is InChI=1S/C14H19BrN2O2/c1-9(16)14(18)17-7-3-4-12(17)11-8-10(15)5-6-13(11)19-2/h5-6,8-9,12H,3-4,7,16H2,1-2H3/t9-,12?/m0/s1. The molecule has 104 valence electrons. The lowest BCUT2D eigenvalue weighted by Crippen LogP contribution is -2.41. The van der Waals surface area contributed by atoms with Gasteiger partial charge in [0.1, 0.15) is 5.75 Å². The number of benzene rings is 1. The minimum absolute atomic E-state index is 0.00419. The molecule has 1 heterocycles. The molecule has 1 aliphatic rings. The normalized spacial score (nSPS) is 20.4. The molecule has 19 heavy (non-hydrogen) atoms. The second-order valence-electron chi connectivity index (χ2n) is 4.86. The molecule has 1 aromatic rings. The van der Waals surface area contributed by atoms with Crippen LogP contribution in [0.5, 0.6) is 5.75 Å². The number of likely N-dealkylation sites (tertiary alicyclic amines) is 1. The van der Waals surface area contributed by atoms with E-state index in [2.05, 4.69) is 15.9 Å². The van der Waals surface area contributed by atoms with Gasteiger partial charge >= 0.3 is 0 Å². The highest BCUT2D eigenvalue weighted by Crippen LogP contribution is 2.38. The maximum absolute atomic E-state index is 12.2. The highest BCUT2D eigenvalue weighted by atomic mass is 79.9. The average Bonchev–Trinajstić information content (AvgIpc) is 2.86. The molecule has 1 saturated heterocycles. The summed E-state index contributed by atoms with van der Waals surface area (Å²) >= 11 is 3.47. The van der Waals surface area contributed by atoms with Crippen LogP contribution in [0.1, 0.15) is 31.4 Å². The van der Waals surface area contributed by atoms with Gasteiger partial charge in [-0.05, 0) is 38.0 Å². The van der Waals surface area contributed by atoms with Gasteiger partial charge in [0, 0.05) is 16.6 Å². The third kappa shape index (κ3) is 2.92. The first-order chi connectivity index (χ1) is 9.04. The van der Waals surface area contributed by atoms with Gasteiger partial charge in [-0.25, -0.2) is 0 Å². The molecule has 0 saturated carbocycles. The molecule has 5 heteroatoms. The number of hydrogen-bond donors (Lipinski definition) is 1. The van der Waals surface area contributed by atoms with Crippen LogP contribution in [0.25, 0.3) is 0 Å². The van der Waals surface area contributed by atoms with Gasteiger partial charge in [0.05, 0.1) is 19.2 Å². The van der Waals surface area contributed by atoms with E-state index < -0.39 is 6.04 Å². The van der Waals surface area contributed by atoms with Gasteiger partial charge in [-0.1, -0.05) is 15.9 Å². The van der Waals surface area contributed by atoms with Crippen LogP contribution in [0.15, 0.2) is 22.7 Å². The number of ether oxygens (including phenoxy) is 1. The summed E-state index contributed by atoms with van der Waals surface area (Å²) in [6, 6.07) is 5.49. The fourth-order valence-electron chi connectivity index (χ4n) is 2.58. The topological polar surface area (TPSA) is 55.6 Å². The van der Waals surface area contributed by atoms with Gasteiger partial charge in [-0.2, -0.15) is 0 Å². The molecule has 2 rings (SSSR count). The zero-order chi connectivity index (χ0) is 14.0. The van der Waals surface area contributed by atoms with Crippen molar-refractivity contribution in [3.8, 4) is 5.75 Å². The summed E-state index contributed by atoms with van der Waals surface area (Å²) < 4.78 is 6.40. The van der Waals surface area contributed by atoms with Gasteiger partial charge in [-0.15, -0.1) is 0 Å². The number of nitrogens with two attached hydrogens (primary N) is 1. The molecule has 0 radical (unpaired) electrons. The zero-order valence-corrected chi connectivity index (χ0v) is 12.8. The summed E-state index contributed by atoms with van der Waals surface area (Å²) in [7, 11) is 1.65. The van der Waals surface area contributed by atoms with E-state index in [1.165, 1.54) is 0 Å².